The van der Waals surface area contributed by atoms with Crippen LogP contribution in [0.3, 0.4) is 0 Å². The molecule has 3 N–H and O–H groups in total. The molecule has 1 aromatic rings. The van der Waals surface area contributed by atoms with Crippen LogP contribution in [0.15, 0.2) is 23.2 Å². The number of guanidine groups is 1. The van der Waals surface area contributed by atoms with Gasteiger partial charge in [-0.3, -0.25) is 0 Å². The van der Waals surface area contributed by atoms with Crippen LogP contribution in [0.2, 0.25) is 0 Å². The SMILES string of the molecule is CCNC(=NCc1ccc(N(C)C)cc1C)NCC(CCO)CC(C)C.I. The summed E-state index contributed by atoms with van der Waals surface area (Å²) in [4.78, 5) is 6.86. The van der Waals surface area contributed by atoms with E-state index in [1.807, 2.05) is 0 Å². The van der Waals surface area contributed by atoms with Gasteiger partial charge in [-0.2, -0.15) is 0 Å². The van der Waals surface area contributed by atoms with Gasteiger partial charge < -0.3 is 20.6 Å². The first-order valence-corrected chi connectivity index (χ1v) is 9.77. The van der Waals surface area contributed by atoms with E-state index >= 15 is 0 Å². The number of aryl methyl sites for hydroxylation is 1. The van der Waals surface area contributed by atoms with Crippen molar-refractivity contribution in [3.63, 3.8) is 0 Å². The van der Waals surface area contributed by atoms with Gasteiger partial charge in [0, 0.05) is 39.5 Å². The van der Waals surface area contributed by atoms with E-state index < -0.39 is 0 Å². The number of hydrogen-bond donors (Lipinski definition) is 3. The van der Waals surface area contributed by atoms with Crippen LogP contribution in [0, 0.1) is 18.8 Å². The summed E-state index contributed by atoms with van der Waals surface area (Å²) in [6.07, 6.45) is 1.94. The lowest BCUT2D eigenvalue weighted by Crippen LogP contribution is -2.40. The van der Waals surface area contributed by atoms with Crippen LogP contribution in [0.4, 0.5) is 5.69 Å². The van der Waals surface area contributed by atoms with E-state index in [9.17, 15) is 5.11 Å². The van der Waals surface area contributed by atoms with Gasteiger partial charge in [0.1, 0.15) is 0 Å². The number of aliphatic imine (C=N–C) groups is 1. The molecule has 0 aliphatic rings. The van der Waals surface area contributed by atoms with E-state index in [2.05, 4.69) is 75.5 Å². The number of aliphatic hydroxyl groups excluding tert-OH is 1. The Morgan fingerprint density at radius 3 is 2.44 bits per heavy atom. The molecule has 27 heavy (non-hydrogen) atoms. The third-order valence-corrected chi connectivity index (χ3v) is 4.49. The number of benzene rings is 1. The molecule has 156 valence electrons. The molecule has 1 unspecified atom stereocenters. The second-order valence-corrected chi connectivity index (χ2v) is 7.59. The average molecular weight is 490 g/mol. The van der Waals surface area contributed by atoms with Crippen molar-refractivity contribution in [1.82, 2.24) is 10.6 Å². The van der Waals surface area contributed by atoms with E-state index in [1.165, 1.54) is 16.8 Å². The molecule has 0 aliphatic carbocycles. The lowest BCUT2D eigenvalue weighted by atomic mass is 9.94. The van der Waals surface area contributed by atoms with Crippen molar-refractivity contribution in [2.45, 2.75) is 47.1 Å². The Morgan fingerprint density at radius 1 is 1.22 bits per heavy atom. The highest BCUT2D eigenvalue weighted by molar-refractivity contribution is 14.0. The van der Waals surface area contributed by atoms with Crippen molar-refractivity contribution in [1.29, 1.82) is 0 Å². The molecule has 0 amide bonds. The molecule has 0 fully saturated rings. The average Bonchev–Trinajstić information content (AvgIpc) is 2.57. The summed E-state index contributed by atoms with van der Waals surface area (Å²) in [6.45, 7) is 11.2. The van der Waals surface area contributed by atoms with Crippen molar-refractivity contribution < 1.29 is 5.11 Å². The normalized spacial score (nSPS) is 12.5. The second-order valence-electron chi connectivity index (χ2n) is 7.59. The molecule has 0 spiro atoms. The largest absolute Gasteiger partial charge is 0.396 e. The van der Waals surface area contributed by atoms with Gasteiger partial charge in [0.15, 0.2) is 5.96 Å². The predicted molar refractivity (Wildman–Crippen MR) is 128 cm³/mol. The molecule has 6 heteroatoms. The number of nitrogens with zero attached hydrogens (tertiary/aromatic N) is 2. The van der Waals surface area contributed by atoms with Gasteiger partial charge in [-0.1, -0.05) is 19.9 Å². The van der Waals surface area contributed by atoms with Crippen molar-refractivity contribution in [3.05, 3.63) is 29.3 Å². The van der Waals surface area contributed by atoms with Crippen LogP contribution in [0.5, 0.6) is 0 Å². The molecular weight excluding hydrogens is 451 g/mol. The van der Waals surface area contributed by atoms with Crippen molar-refractivity contribution in [3.8, 4) is 0 Å². The molecule has 1 atom stereocenters. The first-order valence-electron chi connectivity index (χ1n) is 9.77. The molecule has 0 saturated heterocycles. The van der Waals surface area contributed by atoms with Gasteiger partial charge in [-0.25, -0.2) is 4.99 Å². The fourth-order valence-corrected chi connectivity index (χ4v) is 3.04. The molecule has 0 aliphatic heterocycles. The van der Waals surface area contributed by atoms with Crippen LogP contribution in [-0.2, 0) is 6.54 Å². The topological polar surface area (TPSA) is 59.9 Å². The zero-order valence-corrected chi connectivity index (χ0v) is 20.2. The maximum atomic E-state index is 9.29. The summed E-state index contributed by atoms with van der Waals surface area (Å²) in [7, 11) is 4.11. The zero-order valence-electron chi connectivity index (χ0n) is 17.9. The summed E-state index contributed by atoms with van der Waals surface area (Å²) in [5.41, 5.74) is 3.71. The van der Waals surface area contributed by atoms with E-state index in [4.69, 9.17) is 4.99 Å². The Kier molecular flexibility index (Phi) is 13.5. The fourth-order valence-electron chi connectivity index (χ4n) is 3.04. The highest BCUT2D eigenvalue weighted by atomic mass is 127. The quantitative estimate of drug-likeness (QED) is 0.266. The first-order chi connectivity index (χ1) is 12.4. The highest BCUT2D eigenvalue weighted by Crippen LogP contribution is 2.18. The third kappa shape index (κ3) is 10.2. The minimum atomic E-state index is 0. The molecule has 0 heterocycles. The number of nitrogens with one attached hydrogen (secondary N) is 2. The maximum Gasteiger partial charge on any atom is 0.191 e. The molecule has 1 aromatic carbocycles. The molecule has 0 radical (unpaired) electrons. The Labute approximate surface area is 183 Å². The Hall–Kier alpha value is -1.02. The Balaban J connectivity index is 0.00000676. The van der Waals surface area contributed by atoms with Crippen molar-refractivity contribution >= 4 is 35.6 Å². The minimum Gasteiger partial charge on any atom is -0.396 e. The summed E-state index contributed by atoms with van der Waals surface area (Å²) >= 11 is 0. The molecular formula is C21H39IN4O. The molecule has 0 aromatic heterocycles. The van der Waals surface area contributed by atoms with Gasteiger partial charge in [-0.15, -0.1) is 24.0 Å². The third-order valence-electron chi connectivity index (χ3n) is 4.49. The minimum absolute atomic E-state index is 0. The maximum absolute atomic E-state index is 9.29. The van der Waals surface area contributed by atoms with E-state index in [1.54, 1.807) is 0 Å². The van der Waals surface area contributed by atoms with Crippen molar-refractivity contribution in [2.75, 3.05) is 38.7 Å². The predicted octanol–water partition coefficient (Wildman–Crippen LogP) is 3.78. The Morgan fingerprint density at radius 2 is 1.93 bits per heavy atom. The first kappa shape index (κ1) is 26.0. The summed E-state index contributed by atoms with van der Waals surface area (Å²) in [5, 5.41) is 16.1. The van der Waals surface area contributed by atoms with E-state index in [0.29, 0.717) is 18.4 Å². The molecule has 5 nitrogen and oxygen atoms in total. The van der Waals surface area contributed by atoms with Gasteiger partial charge in [0.25, 0.3) is 0 Å². The number of hydrogen-bond acceptors (Lipinski definition) is 3. The zero-order chi connectivity index (χ0) is 19.5. The van der Waals surface area contributed by atoms with Crippen LogP contribution < -0.4 is 15.5 Å². The van der Waals surface area contributed by atoms with Crippen LogP contribution in [-0.4, -0.2) is 44.9 Å². The van der Waals surface area contributed by atoms with Crippen molar-refractivity contribution in [2.24, 2.45) is 16.8 Å². The molecule has 1 rings (SSSR count). The summed E-state index contributed by atoms with van der Waals surface area (Å²) < 4.78 is 0. The standard InChI is InChI=1S/C21H38N4O.HI/c1-7-22-21(23-14-18(10-11-26)12-16(2)3)24-15-19-8-9-20(25(5)6)13-17(19)4;/h8-9,13,16,18,26H,7,10-12,14-15H2,1-6H3,(H2,22,23,24);1H. The van der Waals surface area contributed by atoms with E-state index in [0.717, 1.165) is 31.9 Å². The van der Waals surface area contributed by atoms with Gasteiger partial charge >= 0.3 is 0 Å². The van der Waals surface area contributed by atoms with Gasteiger partial charge in [0.05, 0.1) is 6.54 Å². The fraction of sp³-hybridized carbons (Fsp3) is 0.667. The number of halogens is 1. The molecule has 0 bridgehead atoms. The smallest absolute Gasteiger partial charge is 0.191 e. The summed E-state index contributed by atoms with van der Waals surface area (Å²) in [6, 6.07) is 6.49. The number of anilines is 1. The highest BCUT2D eigenvalue weighted by Gasteiger charge is 2.11. The van der Waals surface area contributed by atoms with Crippen LogP contribution >= 0.6 is 24.0 Å². The number of aliphatic hydroxyl groups is 1. The molecule has 0 saturated carbocycles. The van der Waals surface area contributed by atoms with Gasteiger partial charge in [-0.05, 0) is 61.8 Å². The lowest BCUT2D eigenvalue weighted by Gasteiger charge is -2.20. The van der Waals surface area contributed by atoms with Crippen LogP contribution in [0.1, 0.15) is 44.7 Å². The van der Waals surface area contributed by atoms with E-state index in [-0.39, 0.29) is 30.6 Å². The second kappa shape index (κ2) is 14.0. The lowest BCUT2D eigenvalue weighted by molar-refractivity contribution is 0.243. The Bertz CT molecular complexity index is 561. The summed E-state index contributed by atoms with van der Waals surface area (Å²) in [5.74, 6) is 1.94. The number of rotatable bonds is 10. The van der Waals surface area contributed by atoms with Gasteiger partial charge in [0.2, 0.25) is 0 Å². The van der Waals surface area contributed by atoms with Crippen LogP contribution in [0.25, 0.3) is 0 Å². The monoisotopic (exact) mass is 490 g/mol.